The Kier molecular flexibility index (Phi) is 5.59. The van der Waals surface area contributed by atoms with Crippen LogP contribution in [0.4, 0.5) is 11.4 Å². The van der Waals surface area contributed by atoms with Crippen molar-refractivity contribution in [3.8, 4) is 5.75 Å². The maximum absolute atomic E-state index is 12.2. The van der Waals surface area contributed by atoms with Crippen LogP contribution in [-0.2, 0) is 14.3 Å². The highest BCUT2D eigenvalue weighted by Crippen LogP contribution is 2.27. The molecule has 3 N–H and O–H groups in total. The fraction of sp³-hybridized carbons (Fsp3) is 0.150. The first kappa shape index (κ1) is 19.0. The van der Waals surface area contributed by atoms with Crippen LogP contribution in [0.5, 0.6) is 5.75 Å². The number of hydrogen-bond donors (Lipinski definition) is 3. The lowest BCUT2D eigenvalue weighted by atomic mass is 10.2. The number of para-hydroxylation sites is 1. The molecule has 1 aromatic heterocycles. The molecule has 0 spiro atoms. The van der Waals surface area contributed by atoms with Crippen molar-refractivity contribution in [3.63, 3.8) is 0 Å². The lowest BCUT2D eigenvalue weighted by Crippen LogP contribution is -2.21. The van der Waals surface area contributed by atoms with Crippen LogP contribution >= 0.6 is 0 Å². The van der Waals surface area contributed by atoms with Crippen molar-refractivity contribution in [2.24, 2.45) is 0 Å². The summed E-state index contributed by atoms with van der Waals surface area (Å²) in [6.07, 6.45) is 0. The number of methoxy groups -OCH3 is 1. The van der Waals surface area contributed by atoms with Crippen LogP contribution in [0.15, 0.2) is 48.5 Å². The van der Waals surface area contributed by atoms with Gasteiger partial charge in [-0.3, -0.25) is 9.59 Å². The molecule has 0 aliphatic carbocycles. The van der Waals surface area contributed by atoms with Crippen LogP contribution in [0.1, 0.15) is 17.4 Å². The molecule has 3 aromatic rings. The Hall–Kier alpha value is -3.81. The normalized spacial score (nSPS) is 10.4. The lowest BCUT2D eigenvalue weighted by Gasteiger charge is -2.12. The first-order valence-corrected chi connectivity index (χ1v) is 8.46. The van der Waals surface area contributed by atoms with Gasteiger partial charge in [-0.1, -0.05) is 18.2 Å². The van der Waals surface area contributed by atoms with Crippen molar-refractivity contribution in [1.82, 2.24) is 4.98 Å². The zero-order valence-corrected chi connectivity index (χ0v) is 15.4. The maximum Gasteiger partial charge on any atom is 0.355 e. The number of H-pyrrole nitrogens is 1. The number of hydrogen-bond acceptors (Lipinski definition) is 5. The summed E-state index contributed by atoms with van der Waals surface area (Å²) in [6.45, 7) is 0.910. The monoisotopic (exact) mass is 381 g/mol. The van der Waals surface area contributed by atoms with Gasteiger partial charge >= 0.3 is 5.97 Å². The van der Waals surface area contributed by atoms with E-state index in [9.17, 15) is 14.4 Å². The molecule has 0 aliphatic rings. The number of nitrogens with one attached hydrogen (secondary N) is 3. The van der Waals surface area contributed by atoms with Gasteiger partial charge in [0.2, 0.25) is 5.91 Å². The minimum Gasteiger partial charge on any atom is -0.495 e. The second-order valence-electron chi connectivity index (χ2n) is 5.99. The van der Waals surface area contributed by atoms with E-state index in [-0.39, 0.29) is 11.6 Å². The van der Waals surface area contributed by atoms with Crippen molar-refractivity contribution in [2.45, 2.75) is 6.92 Å². The molecule has 0 unspecified atom stereocenters. The predicted octanol–water partition coefficient (Wildman–Crippen LogP) is 2.93. The van der Waals surface area contributed by atoms with Gasteiger partial charge in [0.25, 0.3) is 5.91 Å². The number of esters is 1. The minimum absolute atomic E-state index is 0.241. The number of carbonyl (C=O) groups is 3. The number of aromatic amines is 1. The van der Waals surface area contributed by atoms with E-state index in [1.165, 1.54) is 14.0 Å². The summed E-state index contributed by atoms with van der Waals surface area (Å²) in [5.41, 5.74) is 1.91. The predicted molar refractivity (Wildman–Crippen MR) is 105 cm³/mol. The number of carbonyl (C=O) groups excluding carboxylic acids is 3. The standard InChI is InChI=1S/C20H19N3O5/c1-12(24)21-14-7-8-18(27-2)16(10-14)23-19(25)11-28-20(26)17-9-13-5-3-4-6-15(13)22-17/h3-10,22H,11H2,1-2H3,(H,21,24)(H,23,25). The Balaban J connectivity index is 1.63. The van der Waals surface area contributed by atoms with Crippen LogP contribution in [-0.4, -0.2) is 36.5 Å². The number of amides is 2. The van der Waals surface area contributed by atoms with Gasteiger partial charge in [0.15, 0.2) is 6.61 Å². The smallest absolute Gasteiger partial charge is 0.355 e. The highest BCUT2D eigenvalue weighted by molar-refractivity contribution is 5.98. The summed E-state index contributed by atoms with van der Waals surface area (Å²) in [5, 5.41) is 6.10. The van der Waals surface area contributed by atoms with Crippen molar-refractivity contribution < 1.29 is 23.9 Å². The first-order chi connectivity index (χ1) is 13.5. The Bertz CT molecular complexity index is 1010. The third-order valence-electron chi connectivity index (χ3n) is 3.88. The SMILES string of the molecule is COc1ccc(NC(C)=O)cc1NC(=O)COC(=O)c1cc2ccccc2[nH]1. The third-order valence-corrected chi connectivity index (χ3v) is 3.88. The van der Waals surface area contributed by atoms with E-state index in [4.69, 9.17) is 9.47 Å². The minimum atomic E-state index is -0.634. The third kappa shape index (κ3) is 4.47. The Morgan fingerprint density at radius 2 is 1.82 bits per heavy atom. The molecule has 0 saturated carbocycles. The van der Waals surface area contributed by atoms with Crippen LogP contribution in [0.3, 0.4) is 0 Å². The lowest BCUT2D eigenvalue weighted by molar-refractivity contribution is -0.119. The summed E-state index contributed by atoms with van der Waals surface area (Å²) in [5.74, 6) is -1.01. The summed E-state index contributed by atoms with van der Waals surface area (Å²) in [6, 6.07) is 13.9. The highest BCUT2D eigenvalue weighted by Gasteiger charge is 2.14. The summed E-state index contributed by atoms with van der Waals surface area (Å²) in [4.78, 5) is 38.5. The van der Waals surface area contributed by atoms with Gasteiger partial charge in [-0.25, -0.2) is 4.79 Å². The van der Waals surface area contributed by atoms with Gasteiger partial charge < -0.3 is 25.1 Å². The van der Waals surface area contributed by atoms with E-state index >= 15 is 0 Å². The van der Waals surface area contributed by atoms with Crippen molar-refractivity contribution >= 4 is 40.1 Å². The molecule has 2 amide bonds. The van der Waals surface area contributed by atoms with Crippen LogP contribution < -0.4 is 15.4 Å². The number of fused-ring (bicyclic) bond motifs is 1. The zero-order valence-electron chi connectivity index (χ0n) is 15.4. The van der Waals surface area contributed by atoms with Crippen LogP contribution in [0, 0.1) is 0 Å². The number of ether oxygens (including phenoxy) is 2. The van der Waals surface area contributed by atoms with E-state index < -0.39 is 18.5 Å². The van der Waals surface area contributed by atoms with Gasteiger partial charge in [0, 0.05) is 23.5 Å². The molecule has 0 saturated heterocycles. The van der Waals surface area contributed by atoms with Gasteiger partial charge in [-0.15, -0.1) is 0 Å². The molecule has 144 valence electrons. The summed E-state index contributed by atoms with van der Waals surface area (Å²) < 4.78 is 10.3. The molecule has 28 heavy (non-hydrogen) atoms. The molecule has 8 heteroatoms. The van der Waals surface area contributed by atoms with Crippen LogP contribution in [0.2, 0.25) is 0 Å². The Morgan fingerprint density at radius 3 is 2.54 bits per heavy atom. The molecular weight excluding hydrogens is 362 g/mol. The van der Waals surface area contributed by atoms with Gasteiger partial charge in [-0.2, -0.15) is 0 Å². The first-order valence-electron chi connectivity index (χ1n) is 8.46. The van der Waals surface area contributed by atoms with Crippen molar-refractivity contribution in [2.75, 3.05) is 24.4 Å². The van der Waals surface area contributed by atoms with E-state index in [0.717, 1.165) is 10.9 Å². The van der Waals surface area contributed by atoms with Crippen molar-refractivity contribution in [3.05, 3.63) is 54.2 Å². The Labute approximate surface area is 160 Å². The fourth-order valence-corrected chi connectivity index (χ4v) is 2.67. The van der Waals surface area contributed by atoms with E-state index in [2.05, 4.69) is 15.6 Å². The molecule has 1 heterocycles. The second-order valence-corrected chi connectivity index (χ2v) is 5.99. The van der Waals surface area contributed by atoms with E-state index in [1.807, 2.05) is 24.3 Å². The molecule has 0 radical (unpaired) electrons. The maximum atomic E-state index is 12.2. The second kappa shape index (κ2) is 8.26. The van der Waals surface area contributed by atoms with E-state index in [1.54, 1.807) is 24.3 Å². The number of benzene rings is 2. The molecule has 8 nitrogen and oxygen atoms in total. The number of aromatic nitrogens is 1. The van der Waals surface area contributed by atoms with Gasteiger partial charge in [0.1, 0.15) is 11.4 Å². The molecule has 0 bridgehead atoms. The van der Waals surface area contributed by atoms with Crippen LogP contribution in [0.25, 0.3) is 10.9 Å². The highest BCUT2D eigenvalue weighted by atomic mass is 16.5. The quantitative estimate of drug-likeness (QED) is 0.569. The number of anilines is 2. The molecule has 2 aromatic carbocycles. The fourth-order valence-electron chi connectivity index (χ4n) is 2.67. The van der Waals surface area contributed by atoms with Gasteiger partial charge in [0.05, 0.1) is 12.8 Å². The van der Waals surface area contributed by atoms with Crippen molar-refractivity contribution in [1.29, 1.82) is 0 Å². The Morgan fingerprint density at radius 1 is 1.04 bits per heavy atom. The molecule has 0 atom stereocenters. The molecule has 0 fully saturated rings. The summed E-state index contributed by atoms with van der Waals surface area (Å²) >= 11 is 0. The molecule has 0 aliphatic heterocycles. The average Bonchev–Trinajstić information content (AvgIpc) is 3.10. The topological polar surface area (TPSA) is 110 Å². The molecular formula is C20H19N3O5. The zero-order chi connectivity index (χ0) is 20.1. The largest absolute Gasteiger partial charge is 0.495 e. The molecule has 3 rings (SSSR count). The summed E-state index contributed by atoms with van der Waals surface area (Å²) in [7, 11) is 1.46. The number of rotatable bonds is 6. The average molecular weight is 381 g/mol. The van der Waals surface area contributed by atoms with E-state index in [0.29, 0.717) is 17.1 Å². The van der Waals surface area contributed by atoms with Gasteiger partial charge in [-0.05, 0) is 30.3 Å².